The number of nitrogen functional groups attached to an aromatic ring is 1. The van der Waals surface area contributed by atoms with E-state index in [2.05, 4.69) is 15.3 Å². The summed E-state index contributed by atoms with van der Waals surface area (Å²) in [7, 11) is 0. The second-order valence-electron chi connectivity index (χ2n) is 5.22. The minimum atomic E-state index is -0.410. The standard InChI is InChI=1S/C15H19N5O3/c1-10-13(14(21)19-15(16)18-10)6-3-7-17-9-11-4-2-5-12(8-11)20(22)23/h2,4-5,8,17H,3,6-7,9H2,1H3,(H3,16,18,19,21). The second-order valence-corrected chi connectivity index (χ2v) is 5.22. The van der Waals surface area contributed by atoms with Gasteiger partial charge in [0.05, 0.1) is 4.92 Å². The van der Waals surface area contributed by atoms with E-state index < -0.39 is 4.92 Å². The number of aromatic nitrogens is 2. The van der Waals surface area contributed by atoms with Crippen LogP contribution in [-0.2, 0) is 13.0 Å². The lowest BCUT2D eigenvalue weighted by molar-refractivity contribution is -0.384. The second kappa shape index (κ2) is 7.50. The molecule has 0 unspecified atom stereocenters. The fourth-order valence-electron chi connectivity index (χ4n) is 2.33. The Balaban J connectivity index is 1.82. The van der Waals surface area contributed by atoms with Crippen LogP contribution in [0.25, 0.3) is 0 Å². The minimum Gasteiger partial charge on any atom is -0.369 e. The van der Waals surface area contributed by atoms with E-state index in [0.29, 0.717) is 30.8 Å². The van der Waals surface area contributed by atoms with Crippen LogP contribution < -0.4 is 16.6 Å². The lowest BCUT2D eigenvalue weighted by Gasteiger charge is -2.07. The smallest absolute Gasteiger partial charge is 0.269 e. The Hall–Kier alpha value is -2.74. The van der Waals surface area contributed by atoms with E-state index in [1.807, 2.05) is 6.07 Å². The lowest BCUT2D eigenvalue weighted by atomic mass is 10.1. The quantitative estimate of drug-likeness (QED) is 0.401. The molecule has 0 atom stereocenters. The highest BCUT2D eigenvalue weighted by atomic mass is 16.6. The third-order valence-electron chi connectivity index (χ3n) is 3.47. The molecule has 0 saturated carbocycles. The van der Waals surface area contributed by atoms with Gasteiger partial charge >= 0.3 is 0 Å². The summed E-state index contributed by atoms with van der Waals surface area (Å²) in [6.07, 6.45) is 1.35. The Kier molecular flexibility index (Phi) is 5.42. The Morgan fingerprint density at radius 1 is 1.43 bits per heavy atom. The molecule has 122 valence electrons. The van der Waals surface area contributed by atoms with Crippen molar-refractivity contribution in [2.75, 3.05) is 12.3 Å². The van der Waals surface area contributed by atoms with Crippen molar-refractivity contribution in [3.05, 3.63) is 61.6 Å². The van der Waals surface area contributed by atoms with E-state index in [0.717, 1.165) is 12.0 Å². The third kappa shape index (κ3) is 4.62. The van der Waals surface area contributed by atoms with Crippen molar-refractivity contribution in [2.24, 2.45) is 0 Å². The summed E-state index contributed by atoms with van der Waals surface area (Å²) >= 11 is 0. The maximum Gasteiger partial charge on any atom is 0.269 e. The van der Waals surface area contributed by atoms with Crippen LogP contribution in [0.2, 0.25) is 0 Å². The van der Waals surface area contributed by atoms with Gasteiger partial charge in [0.2, 0.25) is 5.95 Å². The SMILES string of the molecule is Cc1nc(N)[nH]c(=O)c1CCCNCc1cccc([N+](=O)[O-])c1. The van der Waals surface area contributed by atoms with Gasteiger partial charge in [0.1, 0.15) is 0 Å². The van der Waals surface area contributed by atoms with Crippen LogP contribution in [0.15, 0.2) is 29.1 Å². The van der Waals surface area contributed by atoms with Crippen molar-refractivity contribution in [3.8, 4) is 0 Å². The largest absolute Gasteiger partial charge is 0.369 e. The van der Waals surface area contributed by atoms with Crippen LogP contribution in [0.3, 0.4) is 0 Å². The Labute approximate surface area is 132 Å². The molecule has 0 radical (unpaired) electrons. The van der Waals surface area contributed by atoms with E-state index in [-0.39, 0.29) is 17.2 Å². The predicted molar refractivity (Wildman–Crippen MR) is 87.1 cm³/mol. The summed E-state index contributed by atoms with van der Waals surface area (Å²) in [6.45, 7) is 2.99. The number of hydrogen-bond acceptors (Lipinski definition) is 6. The van der Waals surface area contributed by atoms with Crippen LogP contribution in [0, 0.1) is 17.0 Å². The molecule has 0 aliphatic heterocycles. The number of anilines is 1. The molecule has 0 saturated heterocycles. The molecule has 0 spiro atoms. The highest BCUT2D eigenvalue weighted by Crippen LogP contribution is 2.12. The van der Waals surface area contributed by atoms with Crippen LogP contribution in [0.5, 0.6) is 0 Å². The summed E-state index contributed by atoms with van der Waals surface area (Å²) in [4.78, 5) is 28.6. The van der Waals surface area contributed by atoms with E-state index >= 15 is 0 Å². The van der Waals surface area contributed by atoms with Gasteiger partial charge in [-0.2, -0.15) is 0 Å². The molecule has 4 N–H and O–H groups in total. The molecule has 0 fully saturated rings. The maximum absolute atomic E-state index is 11.8. The molecule has 1 aromatic carbocycles. The van der Waals surface area contributed by atoms with Crippen LogP contribution in [0.1, 0.15) is 23.2 Å². The molecule has 0 aliphatic rings. The number of nitrogens with zero attached hydrogens (tertiary/aromatic N) is 2. The van der Waals surface area contributed by atoms with Gasteiger partial charge in [0, 0.05) is 29.9 Å². The Bertz CT molecular complexity index is 757. The number of benzene rings is 1. The average molecular weight is 317 g/mol. The number of nitrogens with two attached hydrogens (primary N) is 1. The molecule has 2 rings (SSSR count). The molecule has 8 nitrogen and oxygen atoms in total. The Morgan fingerprint density at radius 2 is 2.22 bits per heavy atom. The number of nitro groups is 1. The van der Waals surface area contributed by atoms with Gasteiger partial charge in [-0.05, 0) is 31.9 Å². The number of hydrogen-bond donors (Lipinski definition) is 3. The first kappa shape index (κ1) is 16.6. The number of nitrogens with one attached hydrogen (secondary N) is 2. The number of nitro benzene ring substituents is 1. The number of rotatable bonds is 7. The van der Waals surface area contributed by atoms with E-state index in [1.54, 1.807) is 19.1 Å². The van der Waals surface area contributed by atoms with Crippen LogP contribution in [0.4, 0.5) is 11.6 Å². The fraction of sp³-hybridized carbons (Fsp3) is 0.333. The summed E-state index contributed by atoms with van der Waals surface area (Å²) < 4.78 is 0. The monoisotopic (exact) mass is 317 g/mol. The number of aryl methyl sites for hydroxylation is 1. The zero-order chi connectivity index (χ0) is 16.8. The highest BCUT2D eigenvalue weighted by molar-refractivity contribution is 5.34. The van der Waals surface area contributed by atoms with Crippen molar-refractivity contribution in [1.29, 1.82) is 0 Å². The van der Waals surface area contributed by atoms with Crippen LogP contribution >= 0.6 is 0 Å². The van der Waals surface area contributed by atoms with Gasteiger partial charge in [-0.1, -0.05) is 12.1 Å². The summed E-state index contributed by atoms with van der Waals surface area (Å²) in [6, 6.07) is 6.51. The van der Waals surface area contributed by atoms with E-state index in [4.69, 9.17) is 5.73 Å². The zero-order valence-corrected chi connectivity index (χ0v) is 12.8. The maximum atomic E-state index is 11.8. The molecule has 0 amide bonds. The first-order valence-electron chi connectivity index (χ1n) is 7.26. The van der Waals surface area contributed by atoms with Gasteiger partial charge in [-0.15, -0.1) is 0 Å². The molecule has 0 bridgehead atoms. The van der Waals surface area contributed by atoms with Gasteiger partial charge in [0.15, 0.2) is 0 Å². The van der Waals surface area contributed by atoms with Crippen molar-refractivity contribution < 1.29 is 4.92 Å². The van der Waals surface area contributed by atoms with Crippen LogP contribution in [-0.4, -0.2) is 21.4 Å². The fourth-order valence-corrected chi connectivity index (χ4v) is 2.33. The van der Waals surface area contributed by atoms with Gasteiger partial charge in [-0.25, -0.2) is 4.98 Å². The number of non-ortho nitro benzene ring substituents is 1. The minimum absolute atomic E-state index is 0.0828. The number of aromatic amines is 1. The molecule has 1 aromatic heterocycles. The number of H-pyrrole nitrogens is 1. The third-order valence-corrected chi connectivity index (χ3v) is 3.47. The molecule has 0 aliphatic carbocycles. The van der Waals surface area contributed by atoms with Crippen molar-refractivity contribution >= 4 is 11.6 Å². The molecule has 23 heavy (non-hydrogen) atoms. The van der Waals surface area contributed by atoms with Gasteiger partial charge < -0.3 is 11.1 Å². The summed E-state index contributed by atoms with van der Waals surface area (Å²) in [5.41, 5.74) is 7.49. The topological polar surface area (TPSA) is 127 Å². The molecular weight excluding hydrogens is 298 g/mol. The van der Waals surface area contributed by atoms with Crippen molar-refractivity contribution in [2.45, 2.75) is 26.3 Å². The van der Waals surface area contributed by atoms with Gasteiger partial charge in [-0.3, -0.25) is 19.9 Å². The lowest BCUT2D eigenvalue weighted by Crippen LogP contribution is -2.21. The van der Waals surface area contributed by atoms with Crippen molar-refractivity contribution in [1.82, 2.24) is 15.3 Å². The van der Waals surface area contributed by atoms with Crippen molar-refractivity contribution in [3.63, 3.8) is 0 Å². The molecular formula is C15H19N5O3. The van der Waals surface area contributed by atoms with E-state index in [1.165, 1.54) is 6.07 Å². The Morgan fingerprint density at radius 3 is 2.91 bits per heavy atom. The molecule has 2 aromatic rings. The predicted octanol–water partition coefficient (Wildman–Crippen LogP) is 1.29. The average Bonchev–Trinajstić information content (AvgIpc) is 2.49. The van der Waals surface area contributed by atoms with E-state index in [9.17, 15) is 14.9 Å². The highest BCUT2D eigenvalue weighted by Gasteiger charge is 2.07. The first-order chi connectivity index (χ1) is 11.0. The van der Waals surface area contributed by atoms with Gasteiger partial charge in [0.25, 0.3) is 11.2 Å². The first-order valence-corrected chi connectivity index (χ1v) is 7.26. The summed E-state index contributed by atoms with van der Waals surface area (Å²) in [5.74, 6) is 0.125. The summed E-state index contributed by atoms with van der Waals surface area (Å²) in [5, 5.41) is 13.9. The molecule has 8 heteroatoms. The normalized spacial score (nSPS) is 10.7. The zero-order valence-electron chi connectivity index (χ0n) is 12.8. The molecule has 1 heterocycles.